The molecule has 0 aromatic carbocycles. The molecule has 6 heteroatoms. The lowest BCUT2D eigenvalue weighted by atomic mass is 10.1. The van der Waals surface area contributed by atoms with Crippen LogP contribution in [0.25, 0.3) is 0 Å². The van der Waals surface area contributed by atoms with Crippen molar-refractivity contribution >= 4 is 17.9 Å². The van der Waals surface area contributed by atoms with E-state index in [1.165, 1.54) is 12.8 Å². The summed E-state index contributed by atoms with van der Waals surface area (Å²) in [7, 11) is 0. The van der Waals surface area contributed by atoms with Crippen LogP contribution in [-0.4, -0.2) is 37.2 Å². The zero-order valence-corrected chi connectivity index (χ0v) is 39.1. The number of hydrogen-bond acceptors (Lipinski definition) is 6. The molecule has 344 valence electrons. The Kier molecular flexibility index (Phi) is 45.6. The molecule has 0 aliphatic carbocycles. The Hall–Kier alpha value is -3.93. The molecule has 1 unspecified atom stereocenters. The van der Waals surface area contributed by atoms with Crippen molar-refractivity contribution in [3.05, 3.63) is 109 Å². The molecule has 0 amide bonds. The highest BCUT2D eigenvalue weighted by Crippen LogP contribution is 2.12. The molecule has 0 saturated heterocycles. The predicted octanol–water partition coefficient (Wildman–Crippen LogP) is 16.0. The molecule has 0 heterocycles. The molecule has 0 fully saturated rings. The minimum atomic E-state index is -0.796. The molecule has 0 aromatic rings. The van der Waals surface area contributed by atoms with Gasteiger partial charge in [-0.15, -0.1) is 0 Å². The van der Waals surface area contributed by atoms with E-state index in [0.29, 0.717) is 12.8 Å². The average Bonchev–Trinajstić information content (AvgIpc) is 3.26. The Morgan fingerprint density at radius 2 is 0.639 bits per heavy atom. The van der Waals surface area contributed by atoms with Crippen LogP contribution < -0.4 is 0 Å². The van der Waals surface area contributed by atoms with E-state index in [1.54, 1.807) is 0 Å². The van der Waals surface area contributed by atoms with E-state index in [1.807, 2.05) is 0 Å². The smallest absolute Gasteiger partial charge is 0.306 e. The van der Waals surface area contributed by atoms with E-state index in [9.17, 15) is 14.4 Å². The summed E-state index contributed by atoms with van der Waals surface area (Å²) in [5, 5.41) is 0. The molecule has 6 nitrogen and oxygen atoms in total. The quantitative estimate of drug-likeness (QED) is 0.0264. The van der Waals surface area contributed by atoms with Gasteiger partial charge in [0.1, 0.15) is 13.2 Å². The van der Waals surface area contributed by atoms with Crippen LogP contribution in [-0.2, 0) is 28.6 Å². The monoisotopic (exact) mass is 845 g/mol. The van der Waals surface area contributed by atoms with Gasteiger partial charge >= 0.3 is 17.9 Å². The van der Waals surface area contributed by atoms with E-state index >= 15 is 0 Å². The van der Waals surface area contributed by atoms with Gasteiger partial charge in [-0.3, -0.25) is 14.4 Å². The number of hydrogen-bond donors (Lipinski definition) is 0. The van der Waals surface area contributed by atoms with Gasteiger partial charge in [-0.25, -0.2) is 0 Å². The normalized spacial score (nSPS) is 13.0. The first-order valence-corrected chi connectivity index (χ1v) is 24.4. The lowest BCUT2D eigenvalue weighted by molar-refractivity contribution is -0.167. The van der Waals surface area contributed by atoms with Crippen molar-refractivity contribution in [3.63, 3.8) is 0 Å². The molecule has 0 aliphatic rings. The topological polar surface area (TPSA) is 78.9 Å². The Balaban J connectivity index is 4.22. The maximum atomic E-state index is 12.7. The van der Waals surface area contributed by atoms with Gasteiger partial charge in [-0.05, 0) is 103 Å². The summed E-state index contributed by atoms with van der Waals surface area (Å²) >= 11 is 0. The number of carbonyl (C=O) groups is 3. The Morgan fingerprint density at radius 1 is 0.344 bits per heavy atom. The van der Waals surface area contributed by atoms with E-state index in [-0.39, 0.29) is 37.5 Å². The first-order chi connectivity index (χ1) is 30.0. The summed E-state index contributed by atoms with van der Waals surface area (Å²) in [4.78, 5) is 37.6. The summed E-state index contributed by atoms with van der Waals surface area (Å²) in [5.41, 5.74) is 0. The van der Waals surface area contributed by atoms with Crippen molar-refractivity contribution in [2.45, 2.75) is 207 Å². The summed E-state index contributed by atoms with van der Waals surface area (Å²) in [6.07, 6.45) is 65.4. The first kappa shape index (κ1) is 57.1. The molecule has 0 aromatic heterocycles. The molecular weight excluding hydrogens is 757 g/mol. The van der Waals surface area contributed by atoms with Crippen LogP contribution in [0.15, 0.2) is 109 Å². The van der Waals surface area contributed by atoms with Crippen molar-refractivity contribution in [1.29, 1.82) is 0 Å². The highest BCUT2D eigenvalue weighted by atomic mass is 16.6. The standard InChI is InChI=1S/C55H88O6/c1-4-7-10-13-15-17-19-21-22-23-24-25-26-27-28-29-30-31-32-34-35-37-39-42-45-48-54(57)60-51-52(50-59-53(56)47-44-41-12-9-6-3)61-55(58)49-46-43-40-38-36-33-20-18-16-14-11-8-5-2/h7-8,10-11,15-18,21-22,24-25,27-28,30-31,33,36,52H,4-6,9,12-14,19-20,23,26,29,32,34-35,37-51H2,1-3H3/b10-7-,11-8-,17-15-,18-16-,22-21-,25-24-,28-27-,31-30-,36-33-. The van der Waals surface area contributed by atoms with Gasteiger partial charge in [0.15, 0.2) is 6.10 Å². The Bertz CT molecular complexity index is 1290. The van der Waals surface area contributed by atoms with Crippen molar-refractivity contribution in [3.8, 4) is 0 Å². The minimum Gasteiger partial charge on any atom is -0.462 e. The molecule has 0 bridgehead atoms. The molecule has 1 atom stereocenters. The van der Waals surface area contributed by atoms with Gasteiger partial charge in [0.25, 0.3) is 0 Å². The Morgan fingerprint density at radius 3 is 1.02 bits per heavy atom. The fraction of sp³-hybridized carbons (Fsp3) is 0.618. The van der Waals surface area contributed by atoms with Crippen molar-refractivity contribution in [1.82, 2.24) is 0 Å². The third kappa shape index (κ3) is 47.0. The molecule has 0 N–H and O–H groups in total. The van der Waals surface area contributed by atoms with Crippen LogP contribution in [0.5, 0.6) is 0 Å². The first-order valence-electron chi connectivity index (χ1n) is 24.4. The third-order valence-electron chi connectivity index (χ3n) is 9.77. The molecule has 0 rings (SSSR count). The van der Waals surface area contributed by atoms with E-state index in [0.717, 1.165) is 148 Å². The summed E-state index contributed by atoms with van der Waals surface area (Å²) in [6.45, 7) is 6.26. The summed E-state index contributed by atoms with van der Waals surface area (Å²) in [6, 6.07) is 0. The van der Waals surface area contributed by atoms with Gasteiger partial charge < -0.3 is 14.2 Å². The summed E-state index contributed by atoms with van der Waals surface area (Å²) < 4.78 is 16.6. The van der Waals surface area contributed by atoms with Crippen LogP contribution in [0.3, 0.4) is 0 Å². The maximum absolute atomic E-state index is 12.7. The fourth-order valence-corrected chi connectivity index (χ4v) is 6.16. The lowest BCUT2D eigenvalue weighted by Crippen LogP contribution is -2.30. The molecule has 0 aliphatic heterocycles. The number of ether oxygens (including phenoxy) is 3. The van der Waals surface area contributed by atoms with Crippen LogP contribution in [0, 0.1) is 0 Å². The number of rotatable bonds is 42. The van der Waals surface area contributed by atoms with Crippen molar-refractivity contribution < 1.29 is 28.6 Å². The van der Waals surface area contributed by atoms with Crippen molar-refractivity contribution in [2.24, 2.45) is 0 Å². The van der Waals surface area contributed by atoms with E-state index < -0.39 is 6.10 Å². The predicted molar refractivity (Wildman–Crippen MR) is 260 cm³/mol. The second kappa shape index (κ2) is 48.7. The number of carbonyl (C=O) groups excluding carboxylic acids is 3. The van der Waals surface area contributed by atoms with E-state index in [4.69, 9.17) is 14.2 Å². The Labute approximate surface area is 374 Å². The number of esters is 3. The molecule has 0 spiro atoms. The fourth-order valence-electron chi connectivity index (χ4n) is 6.16. The van der Waals surface area contributed by atoms with Gasteiger partial charge in [-0.1, -0.05) is 188 Å². The van der Waals surface area contributed by atoms with Gasteiger partial charge in [0.2, 0.25) is 0 Å². The van der Waals surface area contributed by atoms with Gasteiger partial charge in [-0.2, -0.15) is 0 Å². The third-order valence-corrected chi connectivity index (χ3v) is 9.77. The van der Waals surface area contributed by atoms with Gasteiger partial charge in [0, 0.05) is 19.3 Å². The number of unbranched alkanes of at least 4 members (excludes halogenated alkanes) is 13. The van der Waals surface area contributed by atoms with Crippen LogP contribution in [0.2, 0.25) is 0 Å². The zero-order chi connectivity index (χ0) is 44.4. The molecule has 0 saturated carbocycles. The zero-order valence-electron chi connectivity index (χ0n) is 39.1. The lowest BCUT2D eigenvalue weighted by Gasteiger charge is -2.18. The number of allylic oxidation sites excluding steroid dienone is 18. The van der Waals surface area contributed by atoms with Crippen LogP contribution in [0.4, 0.5) is 0 Å². The second-order valence-corrected chi connectivity index (χ2v) is 15.6. The largest absolute Gasteiger partial charge is 0.462 e. The van der Waals surface area contributed by atoms with E-state index in [2.05, 4.69) is 130 Å². The SMILES string of the molecule is CC/C=C\C/C=C\C/C=C\C/C=C\C/C=C\C/C=C\CCCCCCCCC(=O)OCC(COC(=O)CCCCCCC)OC(=O)CCCCC/C=C\C/C=C\C/C=C\CC. The maximum Gasteiger partial charge on any atom is 0.306 e. The van der Waals surface area contributed by atoms with Crippen molar-refractivity contribution in [2.75, 3.05) is 13.2 Å². The van der Waals surface area contributed by atoms with Gasteiger partial charge in [0.05, 0.1) is 0 Å². The average molecular weight is 845 g/mol. The van der Waals surface area contributed by atoms with Crippen LogP contribution >= 0.6 is 0 Å². The highest BCUT2D eigenvalue weighted by Gasteiger charge is 2.19. The molecule has 0 radical (unpaired) electrons. The molecular formula is C55H88O6. The highest BCUT2D eigenvalue weighted by molar-refractivity contribution is 5.71. The molecule has 61 heavy (non-hydrogen) atoms. The minimum absolute atomic E-state index is 0.0977. The summed E-state index contributed by atoms with van der Waals surface area (Å²) in [5.74, 6) is -0.966. The second-order valence-electron chi connectivity index (χ2n) is 15.6. The van der Waals surface area contributed by atoms with Crippen LogP contribution in [0.1, 0.15) is 201 Å².